The number of amides is 1. The maximum Gasteiger partial charge on any atom is 0.232 e. The SMILES string of the molecule is CN(C)C(=O)CSc1nnc(-c2ccco2)n1-c1ccc(F)cc1. The van der Waals surface area contributed by atoms with Gasteiger partial charge in [-0.15, -0.1) is 10.2 Å². The van der Waals surface area contributed by atoms with E-state index in [0.717, 1.165) is 0 Å². The summed E-state index contributed by atoms with van der Waals surface area (Å²) < 4.78 is 20.4. The second-order valence-corrected chi connectivity index (χ2v) is 6.11. The largest absolute Gasteiger partial charge is 0.461 e. The average Bonchev–Trinajstić information content (AvgIpc) is 3.22. The minimum atomic E-state index is -0.330. The van der Waals surface area contributed by atoms with Gasteiger partial charge in [-0.2, -0.15) is 0 Å². The van der Waals surface area contributed by atoms with Gasteiger partial charge in [0.05, 0.1) is 17.7 Å². The van der Waals surface area contributed by atoms with Crippen LogP contribution < -0.4 is 0 Å². The molecule has 3 rings (SSSR count). The molecule has 2 heterocycles. The number of thioether (sulfide) groups is 1. The topological polar surface area (TPSA) is 64.2 Å². The Kier molecular flexibility index (Phi) is 4.66. The molecule has 3 aromatic rings. The molecule has 0 atom stereocenters. The number of hydrogen-bond acceptors (Lipinski definition) is 5. The van der Waals surface area contributed by atoms with Gasteiger partial charge in [0.25, 0.3) is 0 Å². The average molecular weight is 346 g/mol. The van der Waals surface area contributed by atoms with E-state index in [4.69, 9.17) is 4.42 Å². The second-order valence-electron chi connectivity index (χ2n) is 5.17. The molecule has 6 nitrogen and oxygen atoms in total. The molecule has 1 aromatic carbocycles. The van der Waals surface area contributed by atoms with Crippen molar-refractivity contribution in [2.45, 2.75) is 5.16 Å². The Balaban J connectivity index is 2.00. The molecule has 24 heavy (non-hydrogen) atoms. The highest BCUT2D eigenvalue weighted by Crippen LogP contribution is 2.28. The Morgan fingerprint density at radius 3 is 2.62 bits per heavy atom. The van der Waals surface area contributed by atoms with E-state index in [1.54, 1.807) is 49.2 Å². The highest BCUT2D eigenvalue weighted by Gasteiger charge is 2.19. The van der Waals surface area contributed by atoms with Crippen molar-refractivity contribution in [3.63, 3.8) is 0 Å². The maximum atomic E-state index is 13.2. The van der Waals surface area contributed by atoms with Crippen LogP contribution in [0.25, 0.3) is 17.3 Å². The van der Waals surface area contributed by atoms with Crippen molar-refractivity contribution in [3.8, 4) is 17.3 Å². The summed E-state index contributed by atoms with van der Waals surface area (Å²) in [6.07, 6.45) is 1.54. The molecule has 8 heteroatoms. The van der Waals surface area contributed by atoms with Crippen molar-refractivity contribution in [2.75, 3.05) is 19.8 Å². The van der Waals surface area contributed by atoms with Crippen LogP contribution >= 0.6 is 11.8 Å². The van der Waals surface area contributed by atoms with E-state index >= 15 is 0 Å². The lowest BCUT2D eigenvalue weighted by molar-refractivity contribution is -0.125. The fourth-order valence-electron chi connectivity index (χ4n) is 2.01. The van der Waals surface area contributed by atoms with E-state index in [1.165, 1.54) is 28.8 Å². The summed E-state index contributed by atoms with van der Waals surface area (Å²) >= 11 is 1.26. The van der Waals surface area contributed by atoms with Crippen molar-refractivity contribution in [1.82, 2.24) is 19.7 Å². The zero-order valence-corrected chi connectivity index (χ0v) is 14.0. The molecule has 1 amide bonds. The lowest BCUT2D eigenvalue weighted by Gasteiger charge is -2.11. The van der Waals surface area contributed by atoms with Gasteiger partial charge in [0, 0.05) is 14.1 Å². The molecule has 0 spiro atoms. The first-order valence-electron chi connectivity index (χ1n) is 7.14. The Hall–Kier alpha value is -2.61. The second kappa shape index (κ2) is 6.88. The predicted octanol–water partition coefficient (Wildman–Crippen LogP) is 2.85. The van der Waals surface area contributed by atoms with Crippen LogP contribution in [0.2, 0.25) is 0 Å². The summed E-state index contributed by atoms with van der Waals surface area (Å²) in [6.45, 7) is 0. The molecule has 0 aliphatic heterocycles. The van der Waals surface area contributed by atoms with E-state index in [0.29, 0.717) is 22.4 Å². The highest BCUT2D eigenvalue weighted by atomic mass is 32.2. The van der Waals surface area contributed by atoms with Crippen LogP contribution in [0.5, 0.6) is 0 Å². The minimum absolute atomic E-state index is 0.0341. The fourth-order valence-corrected chi connectivity index (χ4v) is 2.94. The van der Waals surface area contributed by atoms with Gasteiger partial charge in [0.2, 0.25) is 11.7 Å². The Morgan fingerprint density at radius 1 is 1.25 bits per heavy atom. The van der Waals surface area contributed by atoms with Crippen molar-refractivity contribution >= 4 is 17.7 Å². The quantitative estimate of drug-likeness (QED) is 0.665. The molecule has 0 bridgehead atoms. The van der Waals surface area contributed by atoms with Crippen LogP contribution in [0.1, 0.15) is 0 Å². The zero-order chi connectivity index (χ0) is 17.1. The first kappa shape index (κ1) is 16.3. The third kappa shape index (κ3) is 3.33. The lowest BCUT2D eigenvalue weighted by Crippen LogP contribution is -2.23. The number of furan rings is 1. The summed E-state index contributed by atoms with van der Waals surface area (Å²) in [4.78, 5) is 13.3. The van der Waals surface area contributed by atoms with Crippen LogP contribution in [0, 0.1) is 5.82 Å². The van der Waals surface area contributed by atoms with Gasteiger partial charge in [0.1, 0.15) is 5.82 Å². The van der Waals surface area contributed by atoms with E-state index in [1.807, 2.05) is 0 Å². The molecule has 0 aliphatic rings. The maximum absolute atomic E-state index is 13.2. The van der Waals surface area contributed by atoms with Gasteiger partial charge in [-0.25, -0.2) is 4.39 Å². The van der Waals surface area contributed by atoms with Crippen molar-refractivity contribution in [2.24, 2.45) is 0 Å². The van der Waals surface area contributed by atoms with Crippen LogP contribution in [-0.2, 0) is 4.79 Å². The number of halogens is 1. The normalized spacial score (nSPS) is 10.8. The van der Waals surface area contributed by atoms with Crippen molar-refractivity contribution in [1.29, 1.82) is 0 Å². The first-order valence-corrected chi connectivity index (χ1v) is 8.13. The van der Waals surface area contributed by atoms with Gasteiger partial charge >= 0.3 is 0 Å². The smallest absolute Gasteiger partial charge is 0.232 e. The molecular formula is C16H15FN4O2S. The van der Waals surface area contributed by atoms with Crippen molar-refractivity contribution < 1.29 is 13.6 Å². The number of carbonyl (C=O) groups excluding carboxylic acids is 1. The molecule has 0 radical (unpaired) electrons. The standard InChI is InChI=1S/C16H15FN4O2S/c1-20(2)14(22)10-24-16-19-18-15(13-4-3-9-23-13)21(16)12-7-5-11(17)6-8-12/h3-9H,10H2,1-2H3. The third-order valence-electron chi connectivity index (χ3n) is 3.28. The molecule has 0 saturated carbocycles. The van der Waals surface area contributed by atoms with Gasteiger partial charge in [-0.05, 0) is 36.4 Å². The molecule has 2 aromatic heterocycles. The summed E-state index contributed by atoms with van der Waals surface area (Å²) in [6, 6.07) is 9.50. The number of aromatic nitrogens is 3. The molecule has 0 saturated heterocycles. The fraction of sp³-hybridized carbons (Fsp3) is 0.188. The predicted molar refractivity (Wildman–Crippen MR) is 88.4 cm³/mol. The summed E-state index contributed by atoms with van der Waals surface area (Å²) in [7, 11) is 3.39. The summed E-state index contributed by atoms with van der Waals surface area (Å²) in [5.41, 5.74) is 0.688. The monoisotopic (exact) mass is 346 g/mol. The van der Waals surface area contributed by atoms with Gasteiger partial charge in [-0.3, -0.25) is 9.36 Å². The Bertz CT molecular complexity index is 828. The van der Waals surface area contributed by atoms with Crippen LogP contribution in [0.3, 0.4) is 0 Å². The van der Waals surface area contributed by atoms with E-state index in [2.05, 4.69) is 10.2 Å². The Morgan fingerprint density at radius 2 is 2.00 bits per heavy atom. The van der Waals surface area contributed by atoms with Gasteiger partial charge < -0.3 is 9.32 Å². The van der Waals surface area contributed by atoms with Crippen molar-refractivity contribution in [3.05, 3.63) is 48.5 Å². The summed E-state index contributed by atoms with van der Waals surface area (Å²) in [5, 5.41) is 8.84. The summed E-state index contributed by atoms with van der Waals surface area (Å²) in [5.74, 6) is 0.894. The number of rotatable bonds is 5. The van der Waals surface area contributed by atoms with E-state index in [9.17, 15) is 9.18 Å². The van der Waals surface area contributed by atoms with Gasteiger partial charge in [0.15, 0.2) is 10.9 Å². The van der Waals surface area contributed by atoms with Crippen LogP contribution in [0.15, 0.2) is 52.2 Å². The lowest BCUT2D eigenvalue weighted by atomic mass is 10.3. The minimum Gasteiger partial charge on any atom is -0.461 e. The molecule has 0 fully saturated rings. The number of hydrogen-bond donors (Lipinski definition) is 0. The zero-order valence-electron chi connectivity index (χ0n) is 13.1. The number of nitrogens with zero attached hydrogens (tertiary/aromatic N) is 4. The number of carbonyl (C=O) groups is 1. The highest BCUT2D eigenvalue weighted by molar-refractivity contribution is 7.99. The molecule has 124 valence electrons. The van der Waals surface area contributed by atoms with Gasteiger partial charge in [-0.1, -0.05) is 11.8 Å². The molecule has 0 aliphatic carbocycles. The molecule has 0 unspecified atom stereocenters. The molecular weight excluding hydrogens is 331 g/mol. The third-order valence-corrected chi connectivity index (χ3v) is 4.20. The van der Waals surface area contributed by atoms with E-state index < -0.39 is 0 Å². The molecule has 0 N–H and O–H groups in total. The van der Waals surface area contributed by atoms with Crippen LogP contribution in [0.4, 0.5) is 4.39 Å². The Labute approximate surface area is 142 Å². The first-order chi connectivity index (χ1) is 11.6. The number of benzene rings is 1. The van der Waals surface area contributed by atoms with E-state index in [-0.39, 0.29) is 17.5 Å². The van der Waals surface area contributed by atoms with Crippen LogP contribution in [-0.4, -0.2) is 45.4 Å².